The number of aliphatic hydroxyl groups is 4. The van der Waals surface area contributed by atoms with Crippen molar-refractivity contribution in [2.75, 3.05) is 42.7 Å². The summed E-state index contributed by atoms with van der Waals surface area (Å²) in [5.74, 6) is 0. The zero-order valence-corrected chi connectivity index (χ0v) is 27.7. The number of ether oxygens (including phenoxy) is 6. The average Bonchev–Trinajstić information content (AvgIpc) is 2.69. The van der Waals surface area contributed by atoms with Crippen LogP contribution in [0.4, 0.5) is 0 Å². The second kappa shape index (κ2) is 49.8. The molecular weight excluding hydrogens is 593 g/mol. The quantitative estimate of drug-likeness (QED) is 0.189. The number of rotatable bonds is 6. The van der Waals surface area contributed by atoms with Crippen molar-refractivity contribution in [2.45, 2.75) is 79.3 Å². The van der Waals surface area contributed by atoms with Crippen LogP contribution in [0.5, 0.6) is 0 Å². The van der Waals surface area contributed by atoms with E-state index in [1.807, 2.05) is 0 Å². The molecule has 14 heteroatoms. The fourth-order valence-electron chi connectivity index (χ4n) is 0. The van der Waals surface area contributed by atoms with Crippen LogP contribution in [0, 0.1) is 0 Å². The minimum Gasteiger partial charge on any atom is -0.831 e. The Balaban J connectivity index is -0.0000000356. The van der Waals surface area contributed by atoms with Gasteiger partial charge < -0.3 is 59.1 Å². The molecule has 32 heavy (non-hydrogen) atoms. The molecule has 0 saturated carbocycles. The van der Waals surface area contributed by atoms with Gasteiger partial charge in [-0.05, 0) is 40.3 Å². The van der Waals surface area contributed by atoms with Gasteiger partial charge in [-0.1, -0.05) is 13.8 Å². The van der Waals surface area contributed by atoms with Gasteiger partial charge in [0, 0.05) is 64.4 Å². The molecule has 0 radical (unpaired) electrons. The summed E-state index contributed by atoms with van der Waals surface area (Å²) in [4.78, 5) is 0. The Bertz CT molecular complexity index is 188. The van der Waals surface area contributed by atoms with E-state index in [2.05, 4.69) is 28.4 Å². The molecule has 0 bridgehead atoms. The normalized spacial score (nSPS) is 14.1. The molecule has 0 saturated heterocycles. The molecule has 0 fully saturated rings. The molecule has 6 atom stereocenters. The first-order valence-corrected chi connectivity index (χ1v) is 8.83. The van der Waals surface area contributed by atoms with E-state index in [-0.39, 0.29) is 70.6 Å². The van der Waals surface area contributed by atoms with Crippen molar-refractivity contribution in [1.29, 1.82) is 0 Å². The first-order chi connectivity index (χ1) is 13.6. The van der Waals surface area contributed by atoms with Crippen LogP contribution < -0.4 is 10.2 Å². The molecule has 0 spiro atoms. The van der Waals surface area contributed by atoms with Crippen LogP contribution in [0.15, 0.2) is 0 Å². The van der Waals surface area contributed by atoms with Gasteiger partial charge in [0.2, 0.25) is 0 Å². The summed E-state index contributed by atoms with van der Waals surface area (Å²) in [6.45, 7) is 9.11. The molecular formula is C18H46BaO12Ti. The zero-order valence-electron chi connectivity index (χ0n) is 21.7. The summed E-state index contributed by atoms with van der Waals surface area (Å²) >= 11 is 0. The van der Waals surface area contributed by atoms with Gasteiger partial charge in [0.05, 0.1) is 0 Å². The van der Waals surface area contributed by atoms with Crippen molar-refractivity contribution in [3.05, 3.63) is 0 Å². The molecule has 12 nitrogen and oxygen atoms in total. The Labute approximate surface area is 249 Å². The van der Waals surface area contributed by atoms with Crippen molar-refractivity contribution in [1.82, 2.24) is 0 Å². The van der Waals surface area contributed by atoms with Crippen LogP contribution in [0.25, 0.3) is 0 Å². The second-order valence-corrected chi connectivity index (χ2v) is 4.95. The van der Waals surface area contributed by atoms with Crippen LogP contribution in [0.1, 0.15) is 41.5 Å². The van der Waals surface area contributed by atoms with Gasteiger partial charge in [-0.25, -0.2) is 0 Å². The fourth-order valence-corrected chi connectivity index (χ4v) is 0. The largest absolute Gasteiger partial charge is 2.00 e. The summed E-state index contributed by atoms with van der Waals surface area (Å²) in [5, 5.41) is 51.9. The molecule has 0 aliphatic heterocycles. The van der Waals surface area contributed by atoms with Crippen molar-refractivity contribution >= 4 is 48.9 Å². The Morgan fingerprint density at radius 2 is 0.500 bits per heavy atom. The van der Waals surface area contributed by atoms with Crippen LogP contribution in [0.3, 0.4) is 0 Å². The van der Waals surface area contributed by atoms with Gasteiger partial charge in [-0.3, -0.25) is 0 Å². The molecule has 6 unspecified atom stereocenters. The van der Waals surface area contributed by atoms with E-state index in [1.54, 1.807) is 27.7 Å². The van der Waals surface area contributed by atoms with Crippen LogP contribution in [-0.2, 0) is 50.1 Å². The van der Waals surface area contributed by atoms with Crippen LogP contribution in [-0.4, -0.2) is 150 Å². The molecule has 0 amide bonds. The van der Waals surface area contributed by atoms with Crippen molar-refractivity contribution in [2.24, 2.45) is 0 Å². The summed E-state index contributed by atoms with van der Waals surface area (Å²) in [5.41, 5.74) is 0. The molecule has 0 aliphatic carbocycles. The van der Waals surface area contributed by atoms with Gasteiger partial charge in [-0.15, -0.1) is 0 Å². The predicted molar refractivity (Wildman–Crippen MR) is 113 cm³/mol. The number of hydrogen-bond donors (Lipinski definition) is 4. The minimum absolute atomic E-state index is 0. The third-order valence-electron chi connectivity index (χ3n) is 2.03. The average molecular weight is 640 g/mol. The van der Waals surface area contributed by atoms with Crippen LogP contribution in [0.2, 0.25) is 0 Å². The van der Waals surface area contributed by atoms with Crippen molar-refractivity contribution in [3.8, 4) is 0 Å². The third kappa shape index (κ3) is 158. The SMILES string of the molecule is COC(C)O.COC(C)O.COC(C)O.COC(C)O.COC(C)[O-].COC(C)[O-].[Ba+2].[Ti]. The Morgan fingerprint density at radius 3 is 0.500 bits per heavy atom. The number of methoxy groups -OCH3 is 6. The molecule has 0 aromatic rings. The zero-order chi connectivity index (χ0) is 25.7. The topological polar surface area (TPSA) is 182 Å². The molecule has 0 rings (SSSR count). The summed E-state index contributed by atoms with van der Waals surface area (Å²) in [6, 6.07) is 0. The number of hydrogen-bond acceptors (Lipinski definition) is 12. The van der Waals surface area contributed by atoms with E-state index in [4.69, 9.17) is 20.4 Å². The van der Waals surface area contributed by atoms with E-state index in [0.717, 1.165) is 0 Å². The summed E-state index contributed by atoms with van der Waals surface area (Å²) in [7, 11) is 8.57. The van der Waals surface area contributed by atoms with E-state index in [9.17, 15) is 10.2 Å². The van der Waals surface area contributed by atoms with Gasteiger partial charge in [-0.2, -0.15) is 0 Å². The van der Waals surface area contributed by atoms with Gasteiger partial charge in [0.25, 0.3) is 0 Å². The first kappa shape index (κ1) is 54.6. The van der Waals surface area contributed by atoms with Crippen molar-refractivity contribution < 1.29 is 80.8 Å². The first-order valence-electron chi connectivity index (χ1n) is 8.83. The Hall–Kier alpha value is 1.81. The maximum Gasteiger partial charge on any atom is 2.00 e. The molecule has 196 valence electrons. The maximum absolute atomic E-state index is 9.67. The summed E-state index contributed by atoms with van der Waals surface area (Å²) in [6.07, 6.45) is -4.19. The van der Waals surface area contributed by atoms with Crippen LogP contribution >= 0.6 is 0 Å². The molecule has 0 aliphatic rings. The maximum atomic E-state index is 9.67. The Kier molecular flexibility index (Phi) is 85.1. The standard InChI is InChI=1S/4C3H8O2.2C3H7O2.Ba.Ti/c6*1-3(4)5-2;;/h4*3-4H,1-2H3;2*3H,1-2H3;;/q;;;;2*-1;+2;. The monoisotopic (exact) mass is 640 g/mol. The van der Waals surface area contributed by atoms with E-state index in [1.165, 1.54) is 56.5 Å². The van der Waals surface area contributed by atoms with Crippen molar-refractivity contribution in [3.63, 3.8) is 0 Å². The molecule has 0 aromatic carbocycles. The van der Waals surface area contributed by atoms with E-state index in [0.29, 0.717) is 0 Å². The molecule has 4 N–H and O–H groups in total. The minimum atomic E-state index is -0.866. The predicted octanol–water partition coefficient (Wildman–Crippen LogP) is -1.82. The number of aliphatic hydroxyl groups excluding tert-OH is 4. The van der Waals surface area contributed by atoms with Gasteiger partial charge >= 0.3 is 48.9 Å². The second-order valence-electron chi connectivity index (χ2n) is 4.95. The molecule has 0 aromatic heterocycles. The summed E-state index contributed by atoms with van der Waals surface area (Å²) < 4.78 is 25.6. The third-order valence-corrected chi connectivity index (χ3v) is 2.03. The van der Waals surface area contributed by atoms with Gasteiger partial charge in [0.1, 0.15) is 0 Å². The smallest absolute Gasteiger partial charge is 0.831 e. The molecule has 0 heterocycles. The Morgan fingerprint density at radius 1 is 0.438 bits per heavy atom. The van der Waals surface area contributed by atoms with E-state index >= 15 is 0 Å². The van der Waals surface area contributed by atoms with Gasteiger partial charge in [0.15, 0.2) is 25.2 Å². The van der Waals surface area contributed by atoms with E-state index < -0.39 is 37.7 Å². The fraction of sp³-hybridized carbons (Fsp3) is 1.00.